The Labute approximate surface area is 252 Å². The molecule has 3 aliphatic rings. The molecule has 0 saturated carbocycles. The number of carbonyl (C=O) groups excluding carboxylic acids is 3. The van der Waals surface area contributed by atoms with Crippen molar-refractivity contribution in [1.82, 2.24) is 30.0 Å². The molecule has 2 saturated heterocycles. The number of benzene rings is 1. The van der Waals surface area contributed by atoms with Gasteiger partial charge in [0.05, 0.1) is 6.54 Å². The molecule has 43 heavy (non-hydrogen) atoms. The number of hydrogen-bond acceptors (Lipinski definition) is 9. The first kappa shape index (κ1) is 29.8. The molecule has 1 aromatic heterocycles. The molecule has 226 valence electrons. The van der Waals surface area contributed by atoms with Crippen molar-refractivity contribution in [2.24, 2.45) is 4.99 Å². The number of guanidine groups is 1. The molecule has 4 heterocycles. The second-order valence-electron chi connectivity index (χ2n) is 12.0. The lowest BCUT2D eigenvalue weighted by Crippen LogP contribution is -2.71. The number of urea groups is 1. The van der Waals surface area contributed by atoms with Gasteiger partial charge in [-0.15, -0.1) is 5.92 Å². The molecule has 3 atom stereocenters. The average molecular weight is 587 g/mol. The molecule has 2 unspecified atom stereocenters. The van der Waals surface area contributed by atoms with E-state index in [1.54, 1.807) is 33.2 Å². The number of aliphatic imine (C=N–C) groups is 1. The van der Waals surface area contributed by atoms with E-state index in [4.69, 9.17) is 9.73 Å². The quantitative estimate of drug-likeness (QED) is 0.542. The number of amides is 4. The first-order chi connectivity index (χ1) is 20.4. The zero-order valence-electron chi connectivity index (χ0n) is 25.5. The lowest BCUT2D eigenvalue weighted by molar-refractivity contribution is -0.127. The molecule has 12 heteroatoms. The summed E-state index contributed by atoms with van der Waals surface area (Å²) in [6, 6.07) is 9.39. The van der Waals surface area contributed by atoms with Gasteiger partial charge in [0.1, 0.15) is 11.4 Å². The van der Waals surface area contributed by atoms with Crippen LogP contribution in [0.3, 0.4) is 0 Å². The Balaban J connectivity index is 1.45. The minimum absolute atomic E-state index is 0.176. The third-order valence-electron chi connectivity index (χ3n) is 7.78. The number of aromatic nitrogens is 2. The predicted octanol–water partition coefficient (Wildman–Crippen LogP) is 3.31. The number of fused-ring (bicyclic) bond motifs is 1. The van der Waals surface area contributed by atoms with Crippen molar-refractivity contribution in [1.29, 1.82) is 0 Å². The number of rotatable bonds is 4. The summed E-state index contributed by atoms with van der Waals surface area (Å²) in [6.07, 6.45) is 2.65. The van der Waals surface area contributed by atoms with Gasteiger partial charge in [-0.25, -0.2) is 29.4 Å². The van der Waals surface area contributed by atoms with Gasteiger partial charge >= 0.3 is 12.1 Å². The van der Waals surface area contributed by atoms with Crippen LogP contribution in [-0.2, 0) is 9.53 Å². The molecule has 0 bridgehead atoms. The standard InChI is InChI=1S/C31H38N8O4/c1-7-8-19-38-24-26(40)39(23-16-17-32-25(34-23)21-13-10-9-11-14-21)29(42)36(6)31(24,5)35-27(38)37-18-12-15-22(20-37)33-28(41)43-30(2,3)4/h9-11,13-14,16-17,22,24H,12,15,18-20H2,1-6H3,(H,33,41)/t22-,24?,31?/m1/s1. The number of anilines is 1. The molecule has 0 radical (unpaired) electrons. The Bertz CT molecular complexity index is 1490. The van der Waals surface area contributed by atoms with E-state index in [0.29, 0.717) is 24.9 Å². The molecule has 2 fully saturated rings. The first-order valence-electron chi connectivity index (χ1n) is 14.4. The molecule has 0 aliphatic carbocycles. The number of ether oxygens (including phenoxy) is 1. The van der Waals surface area contributed by atoms with Crippen LogP contribution in [0.1, 0.15) is 47.5 Å². The molecule has 3 aliphatic heterocycles. The summed E-state index contributed by atoms with van der Waals surface area (Å²) in [5, 5.41) is 2.97. The van der Waals surface area contributed by atoms with E-state index in [2.05, 4.69) is 32.0 Å². The summed E-state index contributed by atoms with van der Waals surface area (Å²) in [6.45, 7) is 10.4. The summed E-state index contributed by atoms with van der Waals surface area (Å²) in [5.74, 6) is 6.72. The topological polar surface area (TPSA) is 124 Å². The fraction of sp³-hybridized carbons (Fsp3) is 0.484. The van der Waals surface area contributed by atoms with E-state index in [9.17, 15) is 14.4 Å². The van der Waals surface area contributed by atoms with Crippen molar-refractivity contribution in [2.75, 3.05) is 31.6 Å². The summed E-state index contributed by atoms with van der Waals surface area (Å²) in [7, 11) is 1.65. The highest BCUT2D eigenvalue weighted by Gasteiger charge is 2.61. The van der Waals surface area contributed by atoms with Gasteiger partial charge in [-0.2, -0.15) is 0 Å². The smallest absolute Gasteiger partial charge is 0.407 e. The van der Waals surface area contributed by atoms with Crippen LogP contribution in [0, 0.1) is 11.8 Å². The van der Waals surface area contributed by atoms with Crippen molar-refractivity contribution in [3.05, 3.63) is 42.6 Å². The lowest BCUT2D eigenvalue weighted by Gasteiger charge is -2.46. The lowest BCUT2D eigenvalue weighted by atomic mass is 9.97. The van der Waals surface area contributed by atoms with Crippen LogP contribution in [0.4, 0.5) is 15.4 Å². The molecule has 1 aromatic carbocycles. The van der Waals surface area contributed by atoms with Crippen LogP contribution in [0.2, 0.25) is 0 Å². The van der Waals surface area contributed by atoms with Crippen LogP contribution in [0.25, 0.3) is 11.4 Å². The van der Waals surface area contributed by atoms with Crippen molar-refractivity contribution < 1.29 is 19.1 Å². The predicted molar refractivity (Wildman–Crippen MR) is 162 cm³/mol. The maximum Gasteiger partial charge on any atom is 0.407 e. The average Bonchev–Trinajstić information content (AvgIpc) is 3.28. The summed E-state index contributed by atoms with van der Waals surface area (Å²) in [5.41, 5.74) is -1.02. The highest BCUT2D eigenvalue weighted by atomic mass is 16.6. The van der Waals surface area contributed by atoms with Gasteiger partial charge in [-0.3, -0.25) is 9.69 Å². The summed E-state index contributed by atoms with van der Waals surface area (Å²) in [4.78, 5) is 61.1. The van der Waals surface area contributed by atoms with Crippen LogP contribution in [0.15, 0.2) is 47.6 Å². The van der Waals surface area contributed by atoms with Crippen LogP contribution >= 0.6 is 0 Å². The number of hydrogen-bond donors (Lipinski definition) is 1. The van der Waals surface area contributed by atoms with Gasteiger partial charge in [0.15, 0.2) is 17.5 Å². The number of piperidine rings is 1. The van der Waals surface area contributed by atoms with E-state index >= 15 is 0 Å². The number of carbonyl (C=O) groups is 3. The van der Waals surface area contributed by atoms with Crippen molar-refractivity contribution in [3.63, 3.8) is 0 Å². The number of likely N-dealkylation sites (tertiary alicyclic amines) is 1. The first-order valence-corrected chi connectivity index (χ1v) is 14.4. The van der Waals surface area contributed by atoms with Gasteiger partial charge in [-0.1, -0.05) is 36.3 Å². The van der Waals surface area contributed by atoms with Crippen LogP contribution < -0.4 is 10.2 Å². The zero-order chi connectivity index (χ0) is 30.9. The zero-order valence-corrected chi connectivity index (χ0v) is 25.5. The van der Waals surface area contributed by atoms with E-state index in [0.717, 1.165) is 23.3 Å². The van der Waals surface area contributed by atoms with Gasteiger partial charge in [0, 0.05) is 44.0 Å². The number of nitrogens with zero attached hydrogens (tertiary/aromatic N) is 7. The Hall–Kier alpha value is -4.66. The second-order valence-corrected chi connectivity index (χ2v) is 12.0. The number of imide groups is 1. The summed E-state index contributed by atoms with van der Waals surface area (Å²) < 4.78 is 5.47. The highest BCUT2D eigenvalue weighted by molar-refractivity contribution is 6.19. The molecule has 1 N–H and O–H groups in total. The molecular weight excluding hydrogens is 548 g/mol. The van der Waals surface area contributed by atoms with E-state index in [-0.39, 0.29) is 18.4 Å². The minimum Gasteiger partial charge on any atom is -0.444 e. The second kappa shape index (κ2) is 11.6. The third-order valence-corrected chi connectivity index (χ3v) is 7.78. The molecule has 0 spiro atoms. The normalized spacial score (nSPS) is 23.8. The maximum atomic E-state index is 14.3. The van der Waals surface area contributed by atoms with Gasteiger partial charge in [-0.05, 0) is 47.5 Å². The Morgan fingerprint density at radius 1 is 1.19 bits per heavy atom. The SMILES string of the molecule is CC#CCN1C(N2CCC[C@@H](NC(=O)OC(C)(C)C)C2)=NC2(C)C1C(=O)N(c1ccnc(-c3ccccc3)n1)C(=O)N2C. The number of likely N-dealkylation sites (N-methyl/N-ethyl adjacent to an activating group) is 1. The van der Waals surface area contributed by atoms with E-state index in [1.165, 1.54) is 4.90 Å². The van der Waals surface area contributed by atoms with Crippen molar-refractivity contribution >= 4 is 29.8 Å². The van der Waals surface area contributed by atoms with Crippen LogP contribution in [0.5, 0.6) is 0 Å². The monoisotopic (exact) mass is 586 g/mol. The Morgan fingerprint density at radius 3 is 2.63 bits per heavy atom. The van der Waals surface area contributed by atoms with Crippen molar-refractivity contribution in [3.8, 4) is 23.2 Å². The molecule has 12 nitrogen and oxygen atoms in total. The van der Waals surface area contributed by atoms with Crippen molar-refractivity contribution in [2.45, 2.75) is 70.8 Å². The molecular formula is C31H38N8O4. The van der Waals surface area contributed by atoms with Gasteiger partial charge in [0.2, 0.25) is 5.96 Å². The summed E-state index contributed by atoms with van der Waals surface area (Å²) >= 11 is 0. The fourth-order valence-corrected chi connectivity index (χ4v) is 5.66. The largest absolute Gasteiger partial charge is 0.444 e. The number of alkyl carbamates (subject to hydrolysis) is 1. The van der Waals surface area contributed by atoms with Gasteiger partial charge < -0.3 is 19.9 Å². The minimum atomic E-state index is -1.18. The van der Waals surface area contributed by atoms with Gasteiger partial charge in [0.25, 0.3) is 5.91 Å². The molecule has 4 amide bonds. The maximum absolute atomic E-state index is 14.3. The Morgan fingerprint density at radius 2 is 1.93 bits per heavy atom. The van der Waals surface area contributed by atoms with E-state index < -0.39 is 35.3 Å². The van der Waals surface area contributed by atoms with E-state index in [1.807, 2.05) is 56.0 Å². The highest BCUT2D eigenvalue weighted by Crippen LogP contribution is 2.39. The third kappa shape index (κ3) is 5.84. The fourth-order valence-electron chi connectivity index (χ4n) is 5.66. The molecule has 5 rings (SSSR count). The molecule has 2 aromatic rings. The Kier molecular flexibility index (Phi) is 8.01. The van der Waals surface area contributed by atoms with Crippen LogP contribution in [-0.4, -0.2) is 98.7 Å². The number of nitrogens with one attached hydrogen (secondary N) is 1.